The van der Waals surface area contributed by atoms with E-state index in [-0.39, 0.29) is 24.2 Å². The summed E-state index contributed by atoms with van der Waals surface area (Å²) in [7, 11) is -4.01. The molecule has 190 valence electrons. The zero-order valence-electron chi connectivity index (χ0n) is 19.9. The fraction of sp³-hybridized carbons (Fsp3) is 0.440. The first-order valence-electron chi connectivity index (χ1n) is 11.6. The third-order valence-electron chi connectivity index (χ3n) is 6.22. The first-order chi connectivity index (χ1) is 16.6. The van der Waals surface area contributed by atoms with Crippen LogP contribution in [0.15, 0.2) is 48.5 Å². The Balaban J connectivity index is 1.83. The van der Waals surface area contributed by atoms with Crippen molar-refractivity contribution in [1.29, 1.82) is 0 Å². The predicted molar refractivity (Wildman–Crippen MR) is 130 cm³/mol. The number of amides is 2. The first-order valence-corrected chi connectivity index (χ1v) is 13.5. The van der Waals surface area contributed by atoms with Gasteiger partial charge in [-0.2, -0.15) is 0 Å². The molecule has 1 atom stereocenters. The zero-order chi connectivity index (χ0) is 25.6. The second kappa shape index (κ2) is 11.6. The number of nitrogens with one attached hydrogen (secondary N) is 1. The molecular weight excluding hydrogens is 476 g/mol. The lowest BCUT2D eigenvalue weighted by Crippen LogP contribution is -2.53. The van der Waals surface area contributed by atoms with Crippen LogP contribution in [-0.4, -0.2) is 56.6 Å². The van der Waals surface area contributed by atoms with Gasteiger partial charge >= 0.3 is 0 Å². The minimum Gasteiger partial charge on any atom is -0.352 e. The summed E-state index contributed by atoms with van der Waals surface area (Å²) in [6.07, 6.45) is 5.17. The van der Waals surface area contributed by atoms with Crippen LogP contribution in [0, 0.1) is 11.6 Å². The highest BCUT2D eigenvalue weighted by Crippen LogP contribution is 2.22. The fourth-order valence-electron chi connectivity index (χ4n) is 4.22. The summed E-state index contributed by atoms with van der Waals surface area (Å²) in [6, 6.07) is 11.2. The van der Waals surface area contributed by atoms with E-state index < -0.39 is 40.2 Å². The van der Waals surface area contributed by atoms with Gasteiger partial charge in [0.2, 0.25) is 21.8 Å². The van der Waals surface area contributed by atoms with Gasteiger partial charge in [-0.1, -0.05) is 43.2 Å². The molecule has 2 aromatic carbocycles. The van der Waals surface area contributed by atoms with Crippen LogP contribution in [0.4, 0.5) is 14.5 Å². The number of hydrogen-bond acceptors (Lipinski definition) is 4. The van der Waals surface area contributed by atoms with E-state index in [2.05, 4.69) is 5.32 Å². The van der Waals surface area contributed by atoms with Gasteiger partial charge in [0, 0.05) is 18.7 Å². The Morgan fingerprint density at radius 2 is 1.71 bits per heavy atom. The Hall–Kier alpha value is -3.01. The molecule has 7 nitrogen and oxygen atoms in total. The lowest BCUT2D eigenvalue weighted by molar-refractivity contribution is -0.139. The Bertz CT molecular complexity index is 1140. The molecule has 35 heavy (non-hydrogen) atoms. The minimum absolute atomic E-state index is 0.0609. The van der Waals surface area contributed by atoms with Crippen molar-refractivity contribution in [3.05, 3.63) is 65.7 Å². The van der Waals surface area contributed by atoms with Crippen molar-refractivity contribution in [3.63, 3.8) is 0 Å². The number of halogens is 2. The van der Waals surface area contributed by atoms with Gasteiger partial charge in [-0.3, -0.25) is 13.9 Å². The molecule has 0 aliphatic heterocycles. The van der Waals surface area contributed by atoms with E-state index in [4.69, 9.17) is 0 Å². The fourth-order valence-corrected chi connectivity index (χ4v) is 5.06. The molecule has 1 aliphatic rings. The molecule has 2 amide bonds. The van der Waals surface area contributed by atoms with E-state index in [9.17, 15) is 26.8 Å². The summed E-state index contributed by atoms with van der Waals surface area (Å²) < 4.78 is 52.9. The normalized spacial score (nSPS) is 15.0. The summed E-state index contributed by atoms with van der Waals surface area (Å²) in [4.78, 5) is 27.7. The average molecular weight is 508 g/mol. The van der Waals surface area contributed by atoms with Crippen LogP contribution in [0.1, 0.15) is 38.2 Å². The van der Waals surface area contributed by atoms with Gasteiger partial charge in [0.15, 0.2) is 11.6 Å². The van der Waals surface area contributed by atoms with Crippen molar-refractivity contribution in [1.82, 2.24) is 10.2 Å². The molecule has 1 N–H and O–H groups in total. The van der Waals surface area contributed by atoms with Crippen molar-refractivity contribution < 1.29 is 26.8 Å². The number of sulfonamides is 1. The maximum absolute atomic E-state index is 13.8. The quantitative estimate of drug-likeness (QED) is 0.535. The van der Waals surface area contributed by atoms with Gasteiger partial charge in [0.05, 0.1) is 11.9 Å². The largest absolute Gasteiger partial charge is 0.352 e. The predicted octanol–water partition coefficient (Wildman–Crippen LogP) is 3.25. The molecule has 0 heterocycles. The third kappa shape index (κ3) is 7.24. The number of benzene rings is 2. The molecule has 0 spiro atoms. The highest BCUT2D eigenvalue weighted by atomic mass is 32.2. The number of hydrogen-bond donors (Lipinski definition) is 1. The van der Waals surface area contributed by atoms with Crippen molar-refractivity contribution in [2.75, 3.05) is 23.7 Å². The van der Waals surface area contributed by atoms with Crippen molar-refractivity contribution in [2.24, 2.45) is 0 Å². The first kappa shape index (κ1) is 26.6. The summed E-state index contributed by atoms with van der Waals surface area (Å²) in [6.45, 7) is 1.13. The molecule has 0 radical (unpaired) electrons. The number of rotatable bonds is 10. The molecule has 1 unspecified atom stereocenters. The molecule has 0 saturated heterocycles. The lowest BCUT2D eigenvalue weighted by Gasteiger charge is -2.32. The van der Waals surface area contributed by atoms with Crippen molar-refractivity contribution in [3.8, 4) is 0 Å². The van der Waals surface area contributed by atoms with Crippen LogP contribution in [-0.2, 0) is 26.0 Å². The molecule has 3 rings (SSSR count). The molecule has 0 bridgehead atoms. The van der Waals surface area contributed by atoms with E-state index in [0.717, 1.165) is 60.0 Å². The second-order valence-electron chi connectivity index (χ2n) is 8.86. The number of anilines is 1. The van der Waals surface area contributed by atoms with E-state index in [1.54, 1.807) is 6.92 Å². The molecular formula is C25H31F2N3O4S. The average Bonchev–Trinajstić information content (AvgIpc) is 3.32. The molecule has 1 saturated carbocycles. The van der Waals surface area contributed by atoms with Crippen molar-refractivity contribution in [2.45, 2.75) is 51.1 Å². The molecule has 2 aromatic rings. The minimum atomic E-state index is -4.01. The summed E-state index contributed by atoms with van der Waals surface area (Å²) >= 11 is 0. The Morgan fingerprint density at radius 3 is 2.31 bits per heavy atom. The topological polar surface area (TPSA) is 86.8 Å². The van der Waals surface area contributed by atoms with Gasteiger partial charge in [-0.05, 0) is 43.9 Å². The lowest BCUT2D eigenvalue weighted by atomic mass is 10.1. The van der Waals surface area contributed by atoms with Crippen LogP contribution >= 0.6 is 0 Å². The van der Waals surface area contributed by atoms with Crippen LogP contribution in [0.3, 0.4) is 0 Å². The van der Waals surface area contributed by atoms with E-state index in [0.29, 0.717) is 6.42 Å². The standard InChI is InChI=1S/C25H31F2N3O4S/c1-18(25(32)28-20-10-6-7-11-20)29(15-14-19-8-4-3-5-9-19)24(31)17-30(35(2,33)34)21-12-13-22(26)23(27)16-21/h3-5,8-9,12-13,16,18,20H,6-7,10-11,14-15,17H2,1-2H3,(H,28,32). The highest BCUT2D eigenvalue weighted by Gasteiger charge is 2.31. The van der Waals surface area contributed by atoms with Gasteiger partial charge in [-0.15, -0.1) is 0 Å². The smallest absolute Gasteiger partial charge is 0.244 e. The van der Waals surface area contributed by atoms with Crippen LogP contribution in [0.25, 0.3) is 0 Å². The van der Waals surface area contributed by atoms with Crippen LogP contribution in [0.5, 0.6) is 0 Å². The van der Waals surface area contributed by atoms with Gasteiger partial charge < -0.3 is 10.2 Å². The van der Waals surface area contributed by atoms with Crippen LogP contribution in [0.2, 0.25) is 0 Å². The Kier molecular flexibility index (Phi) is 8.82. The molecule has 1 aliphatic carbocycles. The monoisotopic (exact) mass is 507 g/mol. The maximum atomic E-state index is 13.8. The second-order valence-corrected chi connectivity index (χ2v) is 10.8. The van der Waals surface area contributed by atoms with Gasteiger partial charge in [0.1, 0.15) is 12.6 Å². The Morgan fingerprint density at radius 1 is 1.06 bits per heavy atom. The third-order valence-corrected chi connectivity index (χ3v) is 7.36. The summed E-state index contributed by atoms with van der Waals surface area (Å²) in [5.74, 6) is -3.29. The van der Waals surface area contributed by atoms with E-state index in [1.165, 1.54) is 4.90 Å². The maximum Gasteiger partial charge on any atom is 0.244 e. The summed E-state index contributed by atoms with van der Waals surface area (Å²) in [5.41, 5.74) is 0.778. The number of carbonyl (C=O) groups excluding carboxylic acids is 2. The SMILES string of the molecule is CC(C(=O)NC1CCCC1)N(CCc1ccccc1)C(=O)CN(c1ccc(F)c(F)c1)S(C)(=O)=O. The molecule has 0 aromatic heterocycles. The van der Waals surface area contributed by atoms with E-state index in [1.807, 2.05) is 30.3 Å². The number of carbonyl (C=O) groups is 2. The van der Waals surface area contributed by atoms with E-state index >= 15 is 0 Å². The van der Waals surface area contributed by atoms with Gasteiger partial charge in [-0.25, -0.2) is 17.2 Å². The van der Waals surface area contributed by atoms with Gasteiger partial charge in [0.25, 0.3) is 0 Å². The molecule has 10 heteroatoms. The highest BCUT2D eigenvalue weighted by molar-refractivity contribution is 7.92. The molecule has 1 fully saturated rings. The zero-order valence-corrected chi connectivity index (χ0v) is 20.7. The summed E-state index contributed by atoms with van der Waals surface area (Å²) in [5, 5.41) is 2.99. The van der Waals surface area contributed by atoms with Crippen LogP contribution < -0.4 is 9.62 Å². The van der Waals surface area contributed by atoms with Crippen molar-refractivity contribution >= 4 is 27.5 Å². The Labute approximate surface area is 205 Å². The number of nitrogens with zero attached hydrogens (tertiary/aromatic N) is 2.